The molecule has 2 rings (SSSR count). The Bertz CT molecular complexity index is 384. The average Bonchev–Trinajstić information content (AvgIpc) is 2.18. The Kier molecular flexibility index (Phi) is 2.83. The van der Waals surface area contributed by atoms with Crippen molar-refractivity contribution in [2.45, 2.75) is 45.6 Å². The summed E-state index contributed by atoms with van der Waals surface area (Å²) in [7, 11) is 0. The number of nitrogens with one attached hydrogen (secondary N) is 1. The third-order valence-corrected chi connectivity index (χ3v) is 3.17. The van der Waals surface area contributed by atoms with E-state index in [9.17, 15) is 0 Å². The zero-order valence-electron chi connectivity index (χ0n) is 10.6. The van der Waals surface area contributed by atoms with Gasteiger partial charge < -0.3 is 10.1 Å². The van der Waals surface area contributed by atoms with Gasteiger partial charge in [-0.3, -0.25) is 0 Å². The van der Waals surface area contributed by atoms with Crippen LogP contribution in [-0.2, 0) is 0 Å². The molecule has 2 nitrogen and oxygen atoms in total. The molecule has 0 radical (unpaired) electrons. The van der Waals surface area contributed by atoms with Gasteiger partial charge in [-0.25, -0.2) is 0 Å². The Labute approximate surface area is 98.0 Å². The first-order chi connectivity index (χ1) is 7.53. The van der Waals surface area contributed by atoms with Gasteiger partial charge in [0.05, 0.1) is 12.3 Å². The fraction of sp³-hybridized carbons (Fsp3) is 0.571. The van der Waals surface area contributed by atoms with Crippen molar-refractivity contribution >= 4 is 5.69 Å². The highest BCUT2D eigenvalue weighted by molar-refractivity contribution is 5.66. The van der Waals surface area contributed by atoms with E-state index in [4.69, 9.17) is 4.74 Å². The van der Waals surface area contributed by atoms with E-state index in [1.165, 1.54) is 11.3 Å². The predicted molar refractivity (Wildman–Crippen MR) is 68.3 cm³/mol. The number of fused-ring (bicyclic) bond motifs is 1. The highest BCUT2D eigenvalue weighted by Crippen LogP contribution is 2.43. The summed E-state index contributed by atoms with van der Waals surface area (Å²) >= 11 is 0. The molecular weight excluding hydrogens is 198 g/mol. The Morgan fingerprint density at radius 2 is 2.19 bits per heavy atom. The Morgan fingerprint density at radius 3 is 2.88 bits per heavy atom. The summed E-state index contributed by atoms with van der Waals surface area (Å²) in [5.41, 5.74) is 2.72. The summed E-state index contributed by atoms with van der Waals surface area (Å²) in [5, 5.41) is 3.60. The van der Waals surface area contributed by atoms with E-state index in [2.05, 4.69) is 38.2 Å². The molecule has 1 heterocycles. The fourth-order valence-corrected chi connectivity index (χ4v) is 2.63. The third kappa shape index (κ3) is 2.01. The van der Waals surface area contributed by atoms with Crippen molar-refractivity contribution in [3.8, 4) is 5.75 Å². The summed E-state index contributed by atoms with van der Waals surface area (Å²) in [4.78, 5) is 0. The van der Waals surface area contributed by atoms with Gasteiger partial charge in [0.1, 0.15) is 5.75 Å². The van der Waals surface area contributed by atoms with Gasteiger partial charge in [0.2, 0.25) is 0 Å². The highest BCUT2D eigenvalue weighted by Gasteiger charge is 2.30. The molecule has 1 aromatic carbocycles. The van der Waals surface area contributed by atoms with Gasteiger partial charge in [-0.15, -0.1) is 0 Å². The molecule has 0 fully saturated rings. The van der Waals surface area contributed by atoms with Crippen LogP contribution in [0.4, 0.5) is 5.69 Å². The van der Waals surface area contributed by atoms with Crippen molar-refractivity contribution in [1.29, 1.82) is 0 Å². The van der Waals surface area contributed by atoms with E-state index in [0.717, 1.165) is 12.2 Å². The second-order valence-electron chi connectivity index (χ2n) is 5.27. The number of anilines is 1. The van der Waals surface area contributed by atoms with Crippen LogP contribution in [0.1, 0.15) is 45.6 Å². The summed E-state index contributed by atoms with van der Waals surface area (Å²) < 4.78 is 5.68. The molecule has 88 valence electrons. The number of para-hydroxylation sites is 1. The van der Waals surface area contributed by atoms with Crippen molar-refractivity contribution in [3.63, 3.8) is 0 Å². The monoisotopic (exact) mass is 219 g/mol. The van der Waals surface area contributed by atoms with E-state index in [1.54, 1.807) is 0 Å². The Morgan fingerprint density at radius 1 is 1.44 bits per heavy atom. The van der Waals surface area contributed by atoms with Crippen LogP contribution in [0.15, 0.2) is 18.2 Å². The zero-order chi connectivity index (χ0) is 11.8. The first-order valence-electron chi connectivity index (χ1n) is 6.07. The highest BCUT2D eigenvalue weighted by atomic mass is 16.5. The fourth-order valence-electron chi connectivity index (χ4n) is 2.63. The lowest BCUT2D eigenvalue weighted by atomic mass is 9.82. The van der Waals surface area contributed by atoms with Gasteiger partial charge >= 0.3 is 0 Å². The maximum absolute atomic E-state index is 5.68. The molecule has 0 aliphatic carbocycles. The normalized spacial score (nSPS) is 22.1. The van der Waals surface area contributed by atoms with E-state index in [0.29, 0.717) is 12.5 Å². The molecule has 0 bridgehead atoms. The van der Waals surface area contributed by atoms with Gasteiger partial charge in [0.15, 0.2) is 0 Å². The summed E-state index contributed by atoms with van der Waals surface area (Å²) in [6.45, 7) is 9.52. The molecule has 1 atom stereocenters. The summed E-state index contributed by atoms with van der Waals surface area (Å²) in [6, 6.07) is 6.33. The number of ether oxygens (including phenoxy) is 1. The molecular formula is C14H21NO. The maximum atomic E-state index is 5.68. The van der Waals surface area contributed by atoms with Crippen LogP contribution < -0.4 is 10.1 Å². The second-order valence-corrected chi connectivity index (χ2v) is 5.27. The Hall–Kier alpha value is -1.18. The van der Waals surface area contributed by atoms with Crippen molar-refractivity contribution < 1.29 is 4.74 Å². The van der Waals surface area contributed by atoms with E-state index in [1.807, 2.05) is 13.0 Å². The minimum Gasteiger partial charge on any atom is -0.492 e. The van der Waals surface area contributed by atoms with Gasteiger partial charge in [0, 0.05) is 5.54 Å². The maximum Gasteiger partial charge on any atom is 0.142 e. The van der Waals surface area contributed by atoms with E-state index < -0.39 is 0 Å². The van der Waals surface area contributed by atoms with Crippen molar-refractivity contribution in [2.75, 3.05) is 11.9 Å². The number of hydrogen-bond donors (Lipinski definition) is 1. The quantitative estimate of drug-likeness (QED) is 0.817. The molecule has 0 spiro atoms. The minimum absolute atomic E-state index is 0.152. The molecule has 0 unspecified atom stereocenters. The molecule has 1 N–H and O–H groups in total. The van der Waals surface area contributed by atoms with Crippen molar-refractivity contribution in [2.24, 2.45) is 0 Å². The van der Waals surface area contributed by atoms with Crippen LogP contribution in [0.25, 0.3) is 0 Å². The standard InChI is InChI=1S/C14H21NO/c1-5-16-12-8-6-7-11-10(2)9-14(3,4)15-13(11)12/h6-8,10,15H,5,9H2,1-4H3/t10-/m0/s1. The molecule has 1 aliphatic rings. The first-order valence-corrected chi connectivity index (χ1v) is 6.07. The van der Waals surface area contributed by atoms with Crippen LogP contribution in [0.5, 0.6) is 5.75 Å². The van der Waals surface area contributed by atoms with Gasteiger partial charge in [-0.2, -0.15) is 0 Å². The molecule has 0 saturated carbocycles. The van der Waals surface area contributed by atoms with Crippen LogP contribution in [-0.4, -0.2) is 12.1 Å². The Balaban J connectivity index is 2.44. The molecule has 0 amide bonds. The number of rotatable bonds is 2. The smallest absolute Gasteiger partial charge is 0.142 e. The molecule has 1 aromatic rings. The van der Waals surface area contributed by atoms with Crippen LogP contribution >= 0.6 is 0 Å². The molecule has 16 heavy (non-hydrogen) atoms. The van der Waals surface area contributed by atoms with Crippen LogP contribution in [0.2, 0.25) is 0 Å². The lowest BCUT2D eigenvalue weighted by molar-refractivity contribution is 0.337. The molecule has 1 aliphatic heterocycles. The average molecular weight is 219 g/mol. The van der Waals surface area contributed by atoms with Gasteiger partial charge in [0.25, 0.3) is 0 Å². The lowest BCUT2D eigenvalue weighted by Gasteiger charge is -2.38. The minimum atomic E-state index is 0.152. The van der Waals surface area contributed by atoms with Crippen LogP contribution in [0, 0.1) is 0 Å². The van der Waals surface area contributed by atoms with E-state index >= 15 is 0 Å². The zero-order valence-corrected chi connectivity index (χ0v) is 10.6. The SMILES string of the molecule is CCOc1cccc2c1NC(C)(C)C[C@@H]2C. The second kappa shape index (κ2) is 4.00. The van der Waals surface area contributed by atoms with Gasteiger partial charge in [-0.1, -0.05) is 19.1 Å². The molecule has 0 saturated heterocycles. The first kappa shape index (κ1) is 11.3. The van der Waals surface area contributed by atoms with E-state index in [-0.39, 0.29) is 5.54 Å². The number of benzene rings is 1. The summed E-state index contributed by atoms with van der Waals surface area (Å²) in [6.07, 6.45) is 1.16. The van der Waals surface area contributed by atoms with Crippen LogP contribution in [0.3, 0.4) is 0 Å². The van der Waals surface area contributed by atoms with Crippen molar-refractivity contribution in [1.82, 2.24) is 0 Å². The molecule has 2 heteroatoms. The third-order valence-electron chi connectivity index (χ3n) is 3.17. The van der Waals surface area contributed by atoms with Gasteiger partial charge in [-0.05, 0) is 44.7 Å². The number of hydrogen-bond acceptors (Lipinski definition) is 2. The lowest BCUT2D eigenvalue weighted by Crippen LogP contribution is -2.36. The largest absolute Gasteiger partial charge is 0.492 e. The van der Waals surface area contributed by atoms with Crippen molar-refractivity contribution in [3.05, 3.63) is 23.8 Å². The summed E-state index contributed by atoms with van der Waals surface area (Å²) in [5.74, 6) is 1.58. The topological polar surface area (TPSA) is 21.3 Å². The predicted octanol–water partition coefficient (Wildman–Crippen LogP) is 3.78. The molecule has 0 aromatic heterocycles.